The average Bonchev–Trinajstić information content (AvgIpc) is 3.00. The third-order valence-electron chi connectivity index (χ3n) is 3.30. The second kappa shape index (κ2) is 6.26. The molecule has 0 saturated carbocycles. The summed E-state index contributed by atoms with van der Waals surface area (Å²) in [6.45, 7) is 0. The van der Waals surface area contributed by atoms with Crippen LogP contribution in [0.1, 0.15) is 5.76 Å². The fourth-order valence-electron chi connectivity index (χ4n) is 2.20. The van der Waals surface area contributed by atoms with Crippen molar-refractivity contribution in [2.75, 3.05) is 7.11 Å². The van der Waals surface area contributed by atoms with Crippen LogP contribution in [0.2, 0.25) is 0 Å². The highest BCUT2D eigenvalue weighted by molar-refractivity contribution is 5.76. The van der Waals surface area contributed by atoms with Gasteiger partial charge in [0.05, 0.1) is 7.11 Å². The van der Waals surface area contributed by atoms with E-state index in [4.69, 9.17) is 9.15 Å². The van der Waals surface area contributed by atoms with E-state index in [1.54, 1.807) is 0 Å². The number of hydrogen-bond donors (Lipinski definition) is 0. The Morgan fingerprint density at radius 2 is 1.59 bits per heavy atom. The van der Waals surface area contributed by atoms with Crippen LogP contribution in [-0.2, 0) is 16.0 Å². The minimum atomic E-state index is -0.354. The van der Waals surface area contributed by atoms with Gasteiger partial charge in [-0.25, -0.2) is 4.98 Å². The molecule has 3 aromatic rings. The Morgan fingerprint density at radius 1 is 1.00 bits per heavy atom. The number of nitrogens with zero attached hydrogens (tertiary/aromatic N) is 1. The van der Waals surface area contributed by atoms with Crippen LogP contribution in [0, 0.1) is 0 Å². The Kier molecular flexibility index (Phi) is 4.01. The highest BCUT2D eigenvalue weighted by Gasteiger charge is 2.18. The summed E-state index contributed by atoms with van der Waals surface area (Å²) in [5, 5.41) is 0. The molecule has 2 aromatic carbocycles. The monoisotopic (exact) mass is 293 g/mol. The average molecular weight is 293 g/mol. The molecule has 0 atom stereocenters. The Balaban J connectivity index is 2.07. The summed E-state index contributed by atoms with van der Waals surface area (Å²) >= 11 is 0. The van der Waals surface area contributed by atoms with Crippen molar-refractivity contribution in [2.45, 2.75) is 6.42 Å². The lowest BCUT2D eigenvalue weighted by molar-refractivity contribution is -0.140. The Morgan fingerprint density at radius 3 is 2.18 bits per heavy atom. The van der Waals surface area contributed by atoms with E-state index in [-0.39, 0.29) is 12.4 Å². The minimum Gasteiger partial charge on any atom is -0.469 e. The van der Waals surface area contributed by atoms with Gasteiger partial charge in [0.2, 0.25) is 5.89 Å². The van der Waals surface area contributed by atoms with Gasteiger partial charge in [0.1, 0.15) is 17.9 Å². The maximum absolute atomic E-state index is 11.6. The van der Waals surface area contributed by atoms with Gasteiger partial charge in [-0.15, -0.1) is 0 Å². The molecule has 0 amide bonds. The summed E-state index contributed by atoms with van der Waals surface area (Å²) in [6, 6.07) is 19.3. The number of hydrogen-bond acceptors (Lipinski definition) is 4. The van der Waals surface area contributed by atoms with Crippen molar-refractivity contribution < 1.29 is 13.9 Å². The van der Waals surface area contributed by atoms with Crippen molar-refractivity contribution >= 4 is 5.97 Å². The fourth-order valence-corrected chi connectivity index (χ4v) is 2.20. The molecular weight excluding hydrogens is 278 g/mol. The quantitative estimate of drug-likeness (QED) is 0.688. The molecule has 4 nitrogen and oxygen atoms in total. The maximum atomic E-state index is 11.6. The van der Waals surface area contributed by atoms with Gasteiger partial charge in [0.15, 0.2) is 0 Å². The second-order valence-corrected chi connectivity index (χ2v) is 4.78. The van der Waals surface area contributed by atoms with Crippen molar-refractivity contribution in [1.82, 2.24) is 4.98 Å². The molecule has 0 fully saturated rings. The molecule has 3 rings (SSSR count). The number of carbonyl (C=O) groups excluding carboxylic acids is 1. The van der Waals surface area contributed by atoms with E-state index < -0.39 is 0 Å². The zero-order valence-corrected chi connectivity index (χ0v) is 12.2. The van der Waals surface area contributed by atoms with Gasteiger partial charge >= 0.3 is 5.97 Å². The number of esters is 1. The summed E-state index contributed by atoms with van der Waals surface area (Å²) in [6.07, 6.45) is 0.0561. The number of rotatable bonds is 4. The van der Waals surface area contributed by atoms with Crippen molar-refractivity contribution in [3.8, 4) is 22.7 Å². The van der Waals surface area contributed by atoms with Crippen LogP contribution < -0.4 is 0 Å². The first-order chi connectivity index (χ1) is 10.8. The number of benzene rings is 2. The van der Waals surface area contributed by atoms with Gasteiger partial charge in [-0.1, -0.05) is 48.5 Å². The number of carbonyl (C=O) groups is 1. The van der Waals surface area contributed by atoms with E-state index in [0.29, 0.717) is 17.3 Å². The molecule has 0 bridgehead atoms. The molecule has 0 aliphatic carbocycles. The predicted molar refractivity (Wildman–Crippen MR) is 83.1 cm³/mol. The van der Waals surface area contributed by atoms with Crippen molar-refractivity contribution in [3.63, 3.8) is 0 Å². The van der Waals surface area contributed by atoms with E-state index in [9.17, 15) is 4.79 Å². The standard InChI is InChI=1S/C18H15NO3/c1-21-16(20)12-15-17(13-8-4-2-5-9-13)19-18(22-15)14-10-6-3-7-11-14/h2-11H,12H2,1H3. The topological polar surface area (TPSA) is 52.3 Å². The molecule has 110 valence electrons. The van der Waals surface area contributed by atoms with Crippen LogP contribution in [0.15, 0.2) is 65.1 Å². The summed E-state index contributed by atoms with van der Waals surface area (Å²) in [5.41, 5.74) is 2.45. The normalized spacial score (nSPS) is 10.4. The first-order valence-electron chi connectivity index (χ1n) is 6.95. The van der Waals surface area contributed by atoms with Crippen molar-refractivity contribution in [1.29, 1.82) is 0 Å². The van der Waals surface area contributed by atoms with Gasteiger partial charge in [0, 0.05) is 11.1 Å². The smallest absolute Gasteiger partial charge is 0.313 e. The second-order valence-electron chi connectivity index (χ2n) is 4.78. The number of ether oxygens (including phenoxy) is 1. The maximum Gasteiger partial charge on any atom is 0.313 e. The van der Waals surface area contributed by atoms with E-state index in [2.05, 4.69) is 4.98 Å². The largest absolute Gasteiger partial charge is 0.469 e. The van der Waals surface area contributed by atoms with Crippen LogP contribution in [0.5, 0.6) is 0 Å². The van der Waals surface area contributed by atoms with Gasteiger partial charge in [-0.2, -0.15) is 0 Å². The number of aromatic nitrogens is 1. The first kappa shape index (κ1) is 14.1. The molecular formula is C18H15NO3. The van der Waals surface area contributed by atoms with Crippen LogP contribution in [-0.4, -0.2) is 18.1 Å². The predicted octanol–water partition coefficient (Wildman–Crippen LogP) is 3.72. The van der Waals surface area contributed by atoms with Gasteiger partial charge in [-0.3, -0.25) is 4.79 Å². The fraction of sp³-hybridized carbons (Fsp3) is 0.111. The third-order valence-corrected chi connectivity index (χ3v) is 3.30. The van der Waals surface area contributed by atoms with Crippen LogP contribution in [0.25, 0.3) is 22.7 Å². The minimum absolute atomic E-state index is 0.0561. The molecule has 0 unspecified atom stereocenters. The van der Waals surface area contributed by atoms with E-state index in [1.165, 1.54) is 7.11 Å². The highest BCUT2D eigenvalue weighted by atomic mass is 16.5. The molecule has 1 aromatic heterocycles. The molecule has 0 N–H and O–H groups in total. The molecule has 1 heterocycles. The molecule has 22 heavy (non-hydrogen) atoms. The van der Waals surface area contributed by atoms with Crippen LogP contribution in [0.4, 0.5) is 0 Å². The number of oxazole rings is 1. The van der Waals surface area contributed by atoms with Crippen LogP contribution >= 0.6 is 0 Å². The zero-order valence-electron chi connectivity index (χ0n) is 12.2. The zero-order chi connectivity index (χ0) is 15.4. The summed E-state index contributed by atoms with van der Waals surface area (Å²) in [7, 11) is 1.36. The van der Waals surface area contributed by atoms with E-state index in [1.807, 2.05) is 60.7 Å². The Bertz CT molecular complexity index is 764. The molecule has 0 radical (unpaired) electrons. The lowest BCUT2D eigenvalue weighted by atomic mass is 10.1. The Labute approximate surface area is 128 Å². The lowest BCUT2D eigenvalue weighted by Gasteiger charge is -1.99. The molecule has 0 saturated heterocycles. The SMILES string of the molecule is COC(=O)Cc1oc(-c2ccccc2)nc1-c1ccccc1. The first-order valence-corrected chi connectivity index (χ1v) is 6.95. The lowest BCUT2D eigenvalue weighted by Crippen LogP contribution is -2.04. The van der Waals surface area contributed by atoms with Gasteiger partial charge in [-0.05, 0) is 12.1 Å². The van der Waals surface area contributed by atoms with Crippen LogP contribution in [0.3, 0.4) is 0 Å². The van der Waals surface area contributed by atoms with E-state index >= 15 is 0 Å². The summed E-state index contributed by atoms with van der Waals surface area (Å²) < 4.78 is 10.5. The van der Waals surface area contributed by atoms with Gasteiger partial charge in [0.25, 0.3) is 0 Å². The van der Waals surface area contributed by atoms with Crippen molar-refractivity contribution in [3.05, 3.63) is 66.4 Å². The van der Waals surface area contributed by atoms with E-state index in [0.717, 1.165) is 11.1 Å². The summed E-state index contributed by atoms with van der Waals surface area (Å²) in [4.78, 5) is 16.2. The molecule has 0 aliphatic heterocycles. The Hall–Kier alpha value is -2.88. The van der Waals surface area contributed by atoms with Gasteiger partial charge < -0.3 is 9.15 Å². The summed E-state index contributed by atoms with van der Waals surface area (Å²) in [5.74, 6) is 0.656. The molecule has 4 heteroatoms. The number of methoxy groups -OCH3 is 1. The highest BCUT2D eigenvalue weighted by Crippen LogP contribution is 2.29. The molecule has 0 aliphatic rings. The van der Waals surface area contributed by atoms with Crippen molar-refractivity contribution in [2.24, 2.45) is 0 Å². The molecule has 0 spiro atoms. The third kappa shape index (κ3) is 2.91.